The van der Waals surface area contributed by atoms with Gasteiger partial charge in [-0.1, -0.05) is 15.9 Å². The molecule has 1 aliphatic heterocycles. The molecule has 0 unspecified atom stereocenters. The van der Waals surface area contributed by atoms with E-state index >= 15 is 0 Å². The second-order valence-corrected chi connectivity index (χ2v) is 7.44. The molecule has 0 fully saturated rings. The molecule has 1 aliphatic rings. The van der Waals surface area contributed by atoms with Crippen LogP contribution in [-0.2, 0) is 0 Å². The molecule has 29 heavy (non-hydrogen) atoms. The van der Waals surface area contributed by atoms with Gasteiger partial charge in [0, 0.05) is 21.3 Å². The van der Waals surface area contributed by atoms with E-state index in [1.165, 1.54) is 0 Å². The molecule has 0 spiro atoms. The van der Waals surface area contributed by atoms with Gasteiger partial charge < -0.3 is 19.2 Å². The SMILES string of the molecule is O=C(Nc1ccc2oc(-c3ccc(Br)cc3)nc2c1)c1ccc2c(c1)OCCO2. The Morgan fingerprint density at radius 1 is 0.931 bits per heavy atom. The maximum absolute atomic E-state index is 12.6. The number of ether oxygens (including phenoxy) is 2. The zero-order valence-electron chi connectivity index (χ0n) is 15.1. The third-order valence-corrected chi connectivity index (χ3v) is 5.07. The normalized spacial score (nSPS) is 12.7. The van der Waals surface area contributed by atoms with Crippen LogP contribution < -0.4 is 14.8 Å². The minimum atomic E-state index is -0.238. The second-order valence-electron chi connectivity index (χ2n) is 6.52. The van der Waals surface area contributed by atoms with Gasteiger partial charge in [-0.3, -0.25) is 4.79 Å². The summed E-state index contributed by atoms with van der Waals surface area (Å²) in [6, 6.07) is 18.2. The van der Waals surface area contributed by atoms with Crippen molar-refractivity contribution in [1.82, 2.24) is 4.98 Å². The number of carbonyl (C=O) groups is 1. The maximum atomic E-state index is 12.6. The molecular weight excluding hydrogens is 436 g/mol. The molecule has 144 valence electrons. The molecule has 1 N–H and O–H groups in total. The number of hydrogen-bond acceptors (Lipinski definition) is 5. The number of oxazole rings is 1. The molecule has 2 heterocycles. The molecule has 1 amide bonds. The fourth-order valence-corrected chi connectivity index (χ4v) is 3.37. The molecule has 5 rings (SSSR count). The van der Waals surface area contributed by atoms with Crippen LogP contribution in [0, 0.1) is 0 Å². The van der Waals surface area contributed by atoms with Gasteiger partial charge in [0.15, 0.2) is 17.1 Å². The second kappa shape index (κ2) is 7.25. The van der Waals surface area contributed by atoms with E-state index in [9.17, 15) is 4.79 Å². The largest absolute Gasteiger partial charge is 0.486 e. The molecular formula is C22H15BrN2O4. The highest BCUT2D eigenvalue weighted by molar-refractivity contribution is 9.10. The Morgan fingerprint density at radius 2 is 1.72 bits per heavy atom. The molecule has 1 aromatic heterocycles. The summed E-state index contributed by atoms with van der Waals surface area (Å²) in [5.74, 6) is 1.52. The van der Waals surface area contributed by atoms with Crippen LogP contribution >= 0.6 is 15.9 Å². The first-order valence-electron chi connectivity index (χ1n) is 9.03. The Kier molecular flexibility index (Phi) is 4.44. The van der Waals surface area contributed by atoms with E-state index < -0.39 is 0 Å². The summed E-state index contributed by atoms with van der Waals surface area (Å²) in [5.41, 5.74) is 3.33. The van der Waals surface area contributed by atoms with Crippen molar-refractivity contribution >= 4 is 38.6 Å². The van der Waals surface area contributed by atoms with Crippen LogP contribution in [0.5, 0.6) is 11.5 Å². The maximum Gasteiger partial charge on any atom is 0.255 e. The molecule has 0 aliphatic carbocycles. The molecule has 6 nitrogen and oxygen atoms in total. The number of rotatable bonds is 3. The van der Waals surface area contributed by atoms with Crippen LogP contribution in [0.1, 0.15) is 10.4 Å². The number of benzene rings is 3. The lowest BCUT2D eigenvalue weighted by Crippen LogP contribution is -2.17. The highest BCUT2D eigenvalue weighted by Crippen LogP contribution is 2.31. The fourth-order valence-electron chi connectivity index (χ4n) is 3.11. The quantitative estimate of drug-likeness (QED) is 0.459. The number of nitrogens with zero attached hydrogens (tertiary/aromatic N) is 1. The van der Waals surface area contributed by atoms with E-state index in [1.807, 2.05) is 24.3 Å². The number of nitrogens with one attached hydrogen (secondary N) is 1. The number of hydrogen-bond donors (Lipinski definition) is 1. The van der Waals surface area contributed by atoms with E-state index in [0.717, 1.165) is 10.0 Å². The van der Waals surface area contributed by atoms with Crippen LogP contribution in [0.15, 0.2) is 69.6 Å². The smallest absolute Gasteiger partial charge is 0.255 e. The summed E-state index contributed by atoms with van der Waals surface area (Å²) < 4.78 is 17.9. The lowest BCUT2D eigenvalue weighted by molar-refractivity contribution is 0.102. The van der Waals surface area contributed by atoms with E-state index in [0.29, 0.717) is 53.0 Å². The van der Waals surface area contributed by atoms with Gasteiger partial charge in [0.05, 0.1) is 0 Å². The van der Waals surface area contributed by atoms with Crippen molar-refractivity contribution in [3.8, 4) is 23.0 Å². The zero-order chi connectivity index (χ0) is 19.8. The number of fused-ring (bicyclic) bond motifs is 2. The van der Waals surface area contributed by atoms with E-state index in [1.54, 1.807) is 36.4 Å². The van der Waals surface area contributed by atoms with Crippen molar-refractivity contribution in [2.45, 2.75) is 0 Å². The number of amides is 1. The fraction of sp³-hybridized carbons (Fsp3) is 0.0909. The van der Waals surface area contributed by atoms with Crippen LogP contribution in [-0.4, -0.2) is 24.1 Å². The third-order valence-electron chi connectivity index (χ3n) is 4.54. The first-order valence-corrected chi connectivity index (χ1v) is 9.82. The highest BCUT2D eigenvalue weighted by atomic mass is 79.9. The van der Waals surface area contributed by atoms with E-state index in [2.05, 4.69) is 26.2 Å². The third kappa shape index (κ3) is 3.56. The van der Waals surface area contributed by atoms with Crippen molar-refractivity contribution in [2.24, 2.45) is 0 Å². The van der Waals surface area contributed by atoms with Gasteiger partial charge in [0.1, 0.15) is 18.7 Å². The van der Waals surface area contributed by atoms with Crippen molar-refractivity contribution in [1.29, 1.82) is 0 Å². The average Bonchev–Trinajstić information content (AvgIpc) is 3.17. The van der Waals surface area contributed by atoms with Gasteiger partial charge in [-0.2, -0.15) is 0 Å². The van der Waals surface area contributed by atoms with Crippen LogP contribution in [0.25, 0.3) is 22.6 Å². The summed E-state index contributed by atoms with van der Waals surface area (Å²) in [6.45, 7) is 0.986. The Morgan fingerprint density at radius 3 is 2.55 bits per heavy atom. The lowest BCUT2D eigenvalue weighted by atomic mass is 10.1. The molecule has 0 saturated heterocycles. The first-order chi connectivity index (χ1) is 14.2. The minimum Gasteiger partial charge on any atom is -0.486 e. The molecule has 0 radical (unpaired) electrons. The number of aromatic nitrogens is 1. The van der Waals surface area contributed by atoms with Crippen LogP contribution in [0.4, 0.5) is 5.69 Å². The van der Waals surface area contributed by atoms with Gasteiger partial charge in [-0.25, -0.2) is 4.98 Å². The van der Waals surface area contributed by atoms with Gasteiger partial charge in [-0.15, -0.1) is 0 Å². The summed E-state index contributed by atoms with van der Waals surface area (Å²) in [6.07, 6.45) is 0. The molecule has 0 saturated carbocycles. The topological polar surface area (TPSA) is 73.6 Å². The number of anilines is 1. The number of halogens is 1. The van der Waals surface area contributed by atoms with E-state index in [-0.39, 0.29) is 5.91 Å². The predicted octanol–water partition coefficient (Wildman–Crippen LogP) is 5.28. The number of carbonyl (C=O) groups excluding carboxylic acids is 1. The minimum absolute atomic E-state index is 0.238. The Hall–Kier alpha value is -3.32. The Bertz CT molecular complexity index is 1220. The van der Waals surface area contributed by atoms with Gasteiger partial charge >= 0.3 is 0 Å². The lowest BCUT2D eigenvalue weighted by Gasteiger charge is -2.18. The van der Waals surface area contributed by atoms with Gasteiger partial charge in [-0.05, 0) is 60.7 Å². The predicted molar refractivity (Wildman–Crippen MR) is 113 cm³/mol. The molecule has 0 bridgehead atoms. The Labute approximate surface area is 174 Å². The zero-order valence-corrected chi connectivity index (χ0v) is 16.7. The average molecular weight is 451 g/mol. The highest BCUT2D eigenvalue weighted by Gasteiger charge is 2.16. The standard InChI is InChI=1S/C22H15BrN2O4/c23-15-4-1-13(2-5-15)22-25-17-12-16(6-8-18(17)29-22)24-21(26)14-3-7-19-20(11-14)28-10-9-27-19/h1-8,11-12H,9-10H2,(H,24,26). The monoisotopic (exact) mass is 450 g/mol. The van der Waals surface area contributed by atoms with Crippen molar-refractivity contribution in [3.63, 3.8) is 0 Å². The van der Waals surface area contributed by atoms with Crippen molar-refractivity contribution in [3.05, 3.63) is 70.7 Å². The van der Waals surface area contributed by atoms with Gasteiger partial charge in [0.2, 0.25) is 5.89 Å². The van der Waals surface area contributed by atoms with Gasteiger partial charge in [0.25, 0.3) is 5.91 Å². The van der Waals surface area contributed by atoms with E-state index in [4.69, 9.17) is 13.9 Å². The van der Waals surface area contributed by atoms with Crippen LogP contribution in [0.3, 0.4) is 0 Å². The molecule has 0 atom stereocenters. The molecule has 3 aromatic carbocycles. The molecule has 4 aromatic rings. The first kappa shape index (κ1) is 17.8. The Balaban J connectivity index is 1.39. The molecule has 7 heteroatoms. The van der Waals surface area contributed by atoms with Crippen molar-refractivity contribution in [2.75, 3.05) is 18.5 Å². The summed E-state index contributed by atoms with van der Waals surface area (Å²) >= 11 is 3.42. The summed E-state index contributed by atoms with van der Waals surface area (Å²) in [5, 5.41) is 2.89. The summed E-state index contributed by atoms with van der Waals surface area (Å²) in [7, 11) is 0. The summed E-state index contributed by atoms with van der Waals surface area (Å²) in [4.78, 5) is 17.2. The van der Waals surface area contributed by atoms with Crippen LogP contribution in [0.2, 0.25) is 0 Å². The van der Waals surface area contributed by atoms with Crippen molar-refractivity contribution < 1.29 is 18.7 Å².